The van der Waals surface area contributed by atoms with Gasteiger partial charge in [0, 0.05) is 52.0 Å². The van der Waals surface area contributed by atoms with Gasteiger partial charge in [0.15, 0.2) is 5.96 Å². The molecule has 0 spiro atoms. The van der Waals surface area contributed by atoms with Gasteiger partial charge < -0.3 is 19.9 Å². The zero-order valence-corrected chi connectivity index (χ0v) is 17.1. The maximum atomic E-state index is 12.5. The number of nitrogens with zero attached hydrogens (tertiary/aromatic N) is 4. The molecule has 0 aromatic heterocycles. The predicted octanol–water partition coefficient (Wildman–Crippen LogP) is 2.28. The Morgan fingerprint density at radius 3 is 2.41 bits per heavy atom. The Kier molecular flexibility index (Phi) is 7.10. The highest BCUT2D eigenvalue weighted by Crippen LogP contribution is 2.23. The summed E-state index contributed by atoms with van der Waals surface area (Å²) in [7, 11) is 3.41. The number of rotatable bonds is 5. The molecule has 0 bridgehead atoms. The summed E-state index contributed by atoms with van der Waals surface area (Å²) >= 11 is 0. The van der Waals surface area contributed by atoms with Gasteiger partial charge >= 0.3 is 6.18 Å². The van der Waals surface area contributed by atoms with E-state index in [1.807, 2.05) is 12.1 Å². The van der Waals surface area contributed by atoms with E-state index in [2.05, 4.69) is 32.2 Å². The van der Waals surface area contributed by atoms with E-state index >= 15 is 0 Å². The number of halogens is 3. The van der Waals surface area contributed by atoms with Gasteiger partial charge in [-0.25, -0.2) is 0 Å². The van der Waals surface area contributed by atoms with Gasteiger partial charge in [-0.05, 0) is 43.1 Å². The van der Waals surface area contributed by atoms with Crippen LogP contribution in [0.4, 0.5) is 18.9 Å². The molecule has 162 valence electrons. The predicted molar refractivity (Wildman–Crippen MR) is 109 cm³/mol. The molecule has 2 heterocycles. The number of aliphatic imine (C=N–C) groups is 1. The lowest BCUT2D eigenvalue weighted by molar-refractivity contribution is -0.143. The summed E-state index contributed by atoms with van der Waals surface area (Å²) < 4.78 is 42.8. The number of hydrogen-bond donors (Lipinski definition) is 1. The van der Waals surface area contributed by atoms with Gasteiger partial charge in [0.2, 0.25) is 0 Å². The van der Waals surface area contributed by atoms with Crippen LogP contribution in [-0.2, 0) is 0 Å². The third-order valence-corrected chi connectivity index (χ3v) is 5.55. The number of ether oxygens (including phenoxy) is 1. The topological polar surface area (TPSA) is 43.3 Å². The third kappa shape index (κ3) is 6.16. The average molecular weight is 413 g/mol. The fourth-order valence-electron chi connectivity index (χ4n) is 4.01. The first-order valence-corrected chi connectivity index (χ1v) is 10.0. The molecule has 0 aliphatic carbocycles. The normalized spacial score (nSPS) is 21.6. The fourth-order valence-corrected chi connectivity index (χ4v) is 4.01. The number of methoxy groups -OCH3 is 1. The standard InChI is InChI=1S/C20H30F3N5O/c1-24-19(25-13-16-7-8-26(14-16)15-20(21,22)23)28-11-9-27(10-12-28)17-3-5-18(29-2)6-4-17/h3-6,16H,7-15H2,1-2H3,(H,24,25). The molecule has 1 aromatic rings. The summed E-state index contributed by atoms with van der Waals surface area (Å²) in [5.41, 5.74) is 1.17. The lowest BCUT2D eigenvalue weighted by atomic mass is 10.1. The summed E-state index contributed by atoms with van der Waals surface area (Å²) in [6.45, 7) is 4.28. The van der Waals surface area contributed by atoms with Crippen molar-refractivity contribution in [1.29, 1.82) is 0 Å². The number of anilines is 1. The fraction of sp³-hybridized carbons (Fsp3) is 0.650. The molecule has 1 N–H and O–H groups in total. The van der Waals surface area contributed by atoms with E-state index in [4.69, 9.17) is 4.74 Å². The van der Waals surface area contributed by atoms with Crippen molar-refractivity contribution in [3.8, 4) is 5.75 Å². The zero-order valence-electron chi connectivity index (χ0n) is 17.1. The molecule has 3 rings (SSSR count). The highest BCUT2D eigenvalue weighted by molar-refractivity contribution is 5.80. The first-order valence-electron chi connectivity index (χ1n) is 10.0. The first kappa shape index (κ1) is 21.5. The molecule has 6 nitrogen and oxygen atoms in total. The van der Waals surface area contributed by atoms with Crippen LogP contribution in [0.1, 0.15) is 6.42 Å². The minimum Gasteiger partial charge on any atom is -0.497 e. The Bertz CT molecular complexity index is 672. The summed E-state index contributed by atoms with van der Waals surface area (Å²) in [5.74, 6) is 1.89. The molecule has 0 saturated carbocycles. The van der Waals surface area contributed by atoms with Gasteiger partial charge in [-0.1, -0.05) is 0 Å². The first-order chi connectivity index (χ1) is 13.9. The van der Waals surface area contributed by atoms with E-state index in [0.717, 1.165) is 44.3 Å². The van der Waals surface area contributed by atoms with Gasteiger partial charge in [-0.2, -0.15) is 13.2 Å². The summed E-state index contributed by atoms with van der Waals surface area (Å²) in [4.78, 5) is 10.4. The second-order valence-corrected chi connectivity index (χ2v) is 7.61. The van der Waals surface area contributed by atoms with E-state index in [1.54, 1.807) is 14.2 Å². The van der Waals surface area contributed by atoms with Gasteiger partial charge in [-0.3, -0.25) is 9.89 Å². The average Bonchev–Trinajstić information content (AvgIpc) is 3.14. The molecule has 2 saturated heterocycles. The van der Waals surface area contributed by atoms with Crippen LogP contribution in [0.3, 0.4) is 0 Å². The Morgan fingerprint density at radius 1 is 1.14 bits per heavy atom. The lowest BCUT2D eigenvalue weighted by Gasteiger charge is -2.38. The van der Waals surface area contributed by atoms with Crippen molar-refractivity contribution in [2.24, 2.45) is 10.9 Å². The van der Waals surface area contributed by atoms with Crippen LogP contribution in [0.2, 0.25) is 0 Å². The van der Waals surface area contributed by atoms with Gasteiger partial charge in [0.05, 0.1) is 13.7 Å². The molecule has 0 radical (unpaired) electrons. The van der Waals surface area contributed by atoms with Crippen LogP contribution in [0.15, 0.2) is 29.3 Å². The van der Waals surface area contributed by atoms with Crippen molar-refractivity contribution in [1.82, 2.24) is 15.1 Å². The zero-order chi connectivity index (χ0) is 20.9. The van der Waals surface area contributed by atoms with E-state index in [0.29, 0.717) is 19.6 Å². The van der Waals surface area contributed by atoms with Crippen molar-refractivity contribution in [2.75, 3.05) is 71.4 Å². The maximum absolute atomic E-state index is 12.5. The molecule has 9 heteroatoms. The molecule has 29 heavy (non-hydrogen) atoms. The highest BCUT2D eigenvalue weighted by atomic mass is 19.4. The minimum absolute atomic E-state index is 0.217. The van der Waals surface area contributed by atoms with Crippen molar-refractivity contribution in [3.63, 3.8) is 0 Å². The molecular weight excluding hydrogens is 383 g/mol. The van der Waals surface area contributed by atoms with Crippen LogP contribution < -0.4 is 15.0 Å². The Labute approximate surface area is 170 Å². The number of guanidine groups is 1. The SMILES string of the molecule is CN=C(NCC1CCN(CC(F)(F)F)C1)N1CCN(c2ccc(OC)cc2)CC1. The molecule has 1 atom stereocenters. The lowest BCUT2D eigenvalue weighted by Crippen LogP contribution is -2.53. The maximum Gasteiger partial charge on any atom is 0.401 e. The van der Waals surface area contributed by atoms with Crippen molar-refractivity contribution >= 4 is 11.6 Å². The molecule has 2 aliphatic heterocycles. The van der Waals surface area contributed by atoms with Crippen molar-refractivity contribution < 1.29 is 17.9 Å². The van der Waals surface area contributed by atoms with Crippen LogP contribution in [0.25, 0.3) is 0 Å². The largest absolute Gasteiger partial charge is 0.497 e. The molecule has 1 unspecified atom stereocenters. The van der Waals surface area contributed by atoms with Crippen LogP contribution in [-0.4, -0.2) is 88.5 Å². The Hall–Kier alpha value is -2.16. The van der Waals surface area contributed by atoms with Gasteiger partial charge in [-0.15, -0.1) is 0 Å². The number of nitrogens with one attached hydrogen (secondary N) is 1. The molecule has 0 amide bonds. The summed E-state index contributed by atoms with van der Waals surface area (Å²) in [6, 6.07) is 8.06. The van der Waals surface area contributed by atoms with Gasteiger partial charge in [0.1, 0.15) is 5.75 Å². The van der Waals surface area contributed by atoms with Gasteiger partial charge in [0.25, 0.3) is 0 Å². The van der Waals surface area contributed by atoms with E-state index in [-0.39, 0.29) is 5.92 Å². The number of hydrogen-bond acceptors (Lipinski definition) is 4. The quantitative estimate of drug-likeness (QED) is 0.593. The summed E-state index contributed by atoms with van der Waals surface area (Å²) in [5, 5.41) is 3.37. The highest BCUT2D eigenvalue weighted by Gasteiger charge is 2.34. The number of piperazine rings is 1. The Balaban J connectivity index is 1.43. The molecule has 2 aliphatic rings. The van der Waals surface area contributed by atoms with Crippen LogP contribution >= 0.6 is 0 Å². The molecule has 2 fully saturated rings. The van der Waals surface area contributed by atoms with Crippen molar-refractivity contribution in [2.45, 2.75) is 12.6 Å². The van der Waals surface area contributed by atoms with Crippen molar-refractivity contribution in [3.05, 3.63) is 24.3 Å². The van der Waals surface area contributed by atoms with Crippen LogP contribution in [0.5, 0.6) is 5.75 Å². The number of likely N-dealkylation sites (tertiary alicyclic amines) is 1. The number of benzene rings is 1. The minimum atomic E-state index is -4.12. The van der Waals surface area contributed by atoms with E-state index in [9.17, 15) is 13.2 Å². The van der Waals surface area contributed by atoms with Crippen LogP contribution in [0, 0.1) is 5.92 Å². The third-order valence-electron chi connectivity index (χ3n) is 5.55. The summed E-state index contributed by atoms with van der Waals surface area (Å²) in [6.07, 6.45) is -3.34. The van der Waals surface area contributed by atoms with E-state index in [1.165, 1.54) is 10.6 Å². The molecule has 1 aromatic carbocycles. The second-order valence-electron chi connectivity index (χ2n) is 7.61. The monoisotopic (exact) mass is 413 g/mol. The second kappa shape index (κ2) is 9.56. The van der Waals surface area contributed by atoms with E-state index < -0.39 is 12.7 Å². The Morgan fingerprint density at radius 2 is 1.83 bits per heavy atom. The number of alkyl halides is 3. The molecular formula is C20H30F3N5O. The smallest absolute Gasteiger partial charge is 0.401 e.